The maximum Gasteiger partial charge on any atom is 0.0702 e. The molecule has 0 radical (unpaired) electrons. The molecule has 0 spiro atoms. The van der Waals surface area contributed by atoms with Crippen LogP contribution >= 0.6 is 8.58 Å². The van der Waals surface area contributed by atoms with Gasteiger partial charge in [0.15, 0.2) is 0 Å². The van der Waals surface area contributed by atoms with Crippen LogP contribution in [-0.4, -0.2) is 11.6 Å². The van der Waals surface area contributed by atoms with Crippen molar-refractivity contribution in [1.29, 1.82) is 0 Å². The summed E-state index contributed by atoms with van der Waals surface area (Å²) in [6.45, 7) is 4.37. The van der Waals surface area contributed by atoms with Crippen molar-refractivity contribution in [2.45, 2.75) is 13.3 Å². The molecule has 0 amide bonds. The molecule has 1 atom stereocenters. The number of benzene rings is 1. The zero-order valence-electron chi connectivity index (χ0n) is 8.54. The van der Waals surface area contributed by atoms with Crippen LogP contribution in [0, 0.1) is 0 Å². The predicted octanol–water partition coefficient (Wildman–Crippen LogP) is 2.73. The highest BCUT2D eigenvalue weighted by Gasteiger charge is 1.97. The van der Waals surface area contributed by atoms with Crippen molar-refractivity contribution in [2.24, 2.45) is 0 Å². The van der Waals surface area contributed by atoms with E-state index in [2.05, 4.69) is 42.8 Å². The Kier molecular flexibility index (Phi) is 2.79. The predicted molar refractivity (Wildman–Crippen MR) is 65.0 cm³/mol. The monoisotopic (exact) mass is 203 g/mol. The summed E-state index contributed by atoms with van der Waals surface area (Å²) in [5.41, 5.74) is 2.42. The van der Waals surface area contributed by atoms with E-state index in [9.17, 15) is 0 Å². The van der Waals surface area contributed by atoms with Gasteiger partial charge in [-0.3, -0.25) is 4.98 Å². The molecule has 1 aromatic carbocycles. The quantitative estimate of drug-likeness (QED) is 0.684. The van der Waals surface area contributed by atoms with Gasteiger partial charge in [0.25, 0.3) is 0 Å². The molecule has 14 heavy (non-hydrogen) atoms. The van der Waals surface area contributed by atoms with Gasteiger partial charge in [-0.05, 0) is 42.2 Å². The van der Waals surface area contributed by atoms with Crippen molar-refractivity contribution in [3.8, 4) is 0 Å². The minimum Gasteiger partial charge on any atom is -0.256 e. The number of hydrogen-bond acceptors (Lipinski definition) is 1. The van der Waals surface area contributed by atoms with Crippen LogP contribution < -0.4 is 5.30 Å². The zero-order chi connectivity index (χ0) is 9.97. The van der Waals surface area contributed by atoms with Crippen LogP contribution in [0.25, 0.3) is 10.9 Å². The first-order valence-electron chi connectivity index (χ1n) is 4.90. The molecule has 0 bridgehead atoms. The van der Waals surface area contributed by atoms with Gasteiger partial charge in [0, 0.05) is 11.6 Å². The number of fused-ring (bicyclic) bond motifs is 1. The minimum atomic E-state index is 0.863. The largest absolute Gasteiger partial charge is 0.256 e. The molecular formula is C12H14NP. The first-order chi connectivity index (χ1) is 6.83. The van der Waals surface area contributed by atoms with E-state index in [0.717, 1.165) is 20.5 Å². The SMILES string of the molecule is CCc1cnc2ccc(PC)cc2c1. The molecule has 1 heterocycles. The van der Waals surface area contributed by atoms with E-state index in [1.54, 1.807) is 0 Å². The summed E-state index contributed by atoms with van der Waals surface area (Å²) in [5.74, 6) is 0. The molecule has 1 unspecified atom stereocenters. The van der Waals surface area contributed by atoms with E-state index in [0.29, 0.717) is 0 Å². The van der Waals surface area contributed by atoms with E-state index >= 15 is 0 Å². The summed E-state index contributed by atoms with van der Waals surface area (Å²) in [7, 11) is 0.863. The molecular weight excluding hydrogens is 189 g/mol. The Morgan fingerprint density at radius 1 is 1.29 bits per heavy atom. The molecule has 2 heteroatoms. The van der Waals surface area contributed by atoms with Gasteiger partial charge >= 0.3 is 0 Å². The van der Waals surface area contributed by atoms with Crippen molar-refractivity contribution in [2.75, 3.05) is 6.66 Å². The Morgan fingerprint density at radius 2 is 2.14 bits per heavy atom. The second-order valence-corrected chi connectivity index (χ2v) is 4.43. The maximum atomic E-state index is 4.43. The topological polar surface area (TPSA) is 12.9 Å². The average Bonchev–Trinajstić information content (AvgIpc) is 2.27. The van der Waals surface area contributed by atoms with Crippen molar-refractivity contribution < 1.29 is 0 Å². The molecule has 0 saturated heterocycles. The standard InChI is InChI=1S/C12H14NP/c1-3-9-6-10-7-11(14-2)4-5-12(10)13-8-9/h4-8,14H,3H2,1-2H3. The lowest BCUT2D eigenvalue weighted by Crippen LogP contribution is -1.93. The molecule has 1 nitrogen and oxygen atoms in total. The van der Waals surface area contributed by atoms with E-state index in [-0.39, 0.29) is 0 Å². The van der Waals surface area contributed by atoms with Gasteiger partial charge in [0.1, 0.15) is 0 Å². The first kappa shape index (κ1) is 9.61. The Balaban J connectivity index is 2.60. The lowest BCUT2D eigenvalue weighted by Gasteiger charge is -2.02. The van der Waals surface area contributed by atoms with Crippen molar-refractivity contribution in [3.63, 3.8) is 0 Å². The van der Waals surface area contributed by atoms with Gasteiger partial charge in [-0.15, -0.1) is 0 Å². The van der Waals surface area contributed by atoms with Crippen molar-refractivity contribution >= 4 is 24.8 Å². The number of nitrogens with zero attached hydrogens (tertiary/aromatic N) is 1. The zero-order valence-corrected chi connectivity index (χ0v) is 9.54. The van der Waals surface area contributed by atoms with Crippen LogP contribution in [0.3, 0.4) is 0 Å². The lowest BCUT2D eigenvalue weighted by atomic mass is 10.1. The van der Waals surface area contributed by atoms with Crippen LogP contribution in [0.15, 0.2) is 30.5 Å². The van der Waals surface area contributed by atoms with Gasteiger partial charge in [-0.1, -0.05) is 21.6 Å². The maximum absolute atomic E-state index is 4.43. The fraction of sp³-hybridized carbons (Fsp3) is 0.250. The third-order valence-electron chi connectivity index (χ3n) is 2.43. The Morgan fingerprint density at radius 3 is 2.86 bits per heavy atom. The second kappa shape index (κ2) is 4.06. The van der Waals surface area contributed by atoms with Gasteiger partial charge in [-0.2, -0.15) is 0 Å². The molecule has 72 valence electrons. The summed E-state index contributed by atoms with van der Waals surface area (Å²) >= 11 is 0. The summed E-state index contributed by atoms with van der Waals surface area (Å²) in [6.07, 6.45) is 3.03. The molecule has 0 aliphatic heterocycles. The van der Waals surface area contributed by atoms with Gasteiger partial charge < -0.3 is 0 Å². The highest BCUT2D eigenvalue weighted by molar-refractivity contribution is 7.46. The lowest BCUT2D eigenvalue weighted by molar-refractivity contribution is 1.12. The number of hydrogen-bond donors (Lipinski definition) is 0. The summed E-state index contributed by atoms with van der Waals surface area (Å²) in [6, 6.07) is 8.77. The van der Waals surface area contributed by atoms with Crippen LogP contribution in [0.4, 0.5) is 0 Å². The molecule has 0 aliphatic carbocycles. The highest BCUT2D eigenvalue weighted by Crippen LogP contribution is 2.15. The van der Waals surface area contributed by atoms with E-state index < -0.39 is 0 Å². The Labute approximate surface area is 86.3 Å². The smallest absolute Gasteiger partial charge is 0.0702 e. The Bertz CT molecular complexity index is 412. The highest BCUT2D eigenvalue weighted by atomic mass is 31.1. The molecule has 2 rings (SSSR count). The van der Waals surface area contributed by atoms with E-state index in [1.807, 2.05) is 6.20 Å². The third-order valence-corrected chi connectivity index (χ3v) is 3.32. The molecule has 0 aliphatic rings. The fourth-order valence-electron chi connectivity index (χ4n) is 1.53. The molecule has 0 N–H and O–H groups in total. The number of pyridine rings is 1. The van der Waals surface area contributed by atoms with Crippen LogP contribution in [-0.2, 0) is 6.42 Å². The fourth-order valence-corrected chi connectivity index (χ4v) is 2.08. The average molecular weight is 203 g/mol. The molecule has 0 saturated carbocycles. The van der Waals surface area contributed by atoms with Crippen LogP contribution in [0.5, 0.6) is 0 Å². The van der Waals surface area contributed by atoms with E-state index in [4.69, 9.17) is 0 Å². The van der Waals surface area contributed by atoms with Crippen LogP contribution in [0.2, 0.25) is 0 Å². The second-order valence-electron chi connectivity index (χ2n) is 3.35. The summed E-state index contributed by atoms with van der Waals surface area (Å²) < 4.78 is 0. The van der Waals surface area contributed by atoms with Crippen molar-refractivity contribution in [1.82, 2.24) is 4.98 Å². The molecule has 2 aromatic rings. The van der Waals surface area contributed by atoms with Crippen LogP contribution in [0.1, 0.15) is 12.5 Å². The minimum absolute atomic E-state index is 0.863. The molecule has 1 aromatic heterocycles. The normalized spacial score (nSPS) is 11.6. The van der Waals surface area contributed by atoms with Gasteiger partial charge in [0.05, 0.1) is 5.52 Å². The number of rotatable bonds is 2. The van der Waals surface area contributed by atoms with Gasteiger partial charge in [-0.25, -0.2) is 0 Å². The summed E-state index contributed by atoms with van der Waals surface area (Å²) in [5, 5.41) is 2.68. The number of aryl methyl sites for hydroxylation is 1. The Hall–Kier alpha value is -0.940. The molecule has 0 fully saturated rings. The first-order valence-corrected chi connectivity index (χ1v) is 6.40. The number of aromatic nitrogens is 1. The van der Waals surface area contributed by atoms with Gasteiger partial charge in [0.2, 0.25) is 0 Å². The third kappa shape index (κ3) is 1.78. The van der Waals surface area contributed by atoms with Crippen molar-refractivity contribution in [3.05, 3.63) is 36.0 Å². The summed E-state index contributed by atoms with van der Waals surface area (Å²) in [4.78, 5) is 4.43. The van der Waals surface area contributed by atoms with E-state index in [1.165, 1.54) is 16.3 Å².